The van der Waals surface area contributed by atoms with Gasteiger partial charge in [0.25, 0.3) is 0 Å². The van der Waals surface area contributed by atoms with E-state index in [2.05, 4.69) is 34.8 Å². The van der Waals surface area contributed by atoms with E-state index in [0.29, 0.717) is 0 Å². The predicted molar refractivity (Wildman–Crippen MR) is 67.9 cm³/mol. The molecule has 0 unspecified atom stereocenters. The van der Waals surface area contributed by atoms with Gasteiger partial charge >= 0.3 is 0 Å². The quantitative estimate of drug-likeness (QED) is 0.796. The van der Waals surface area contributed by atoms with E-state index in [0.717, 1.165) is 24.5 Å². The van der Waals surface area contributed by atoms with Crippen molar-refractivity contribution in [2.24, 2.45) is 10.3 Å². The van der Waals surface area contributed by atoms with E-state index in [1.807, 2.05) is 23.2 Å². The number of hydrogen-bond acceptors (Lipinski definition) is 4. The average molecular weight is 233 g/mol. The van der Waals surface area contributed by atoms with Crippen molar-refractivity contribution in [3.8, 4) is 0 Å². The van der Waals surface area contributed by atoms with Gasteiger partial charge in [-0.2, -0.15) is 0 Å². The second-order valence-electron chi connectivity index (χ2n) is 3.56. The van der Waals surface area contributed by atoms with Crippen molar-refractivity contribution in [1.82, 2.24) is 5.01 Å². The number of nitrogens with zero attached hydrogens (tertiary/aromatic N) is 3. The summed E-state index contributed by atoms with van der Waals surface area (Å²) in [5.41, 5.74) is 2.33. The van der Waals surface area contributed by atoms with Crippen LogP contribution in [0, 0.1) is 0 Å². The molecule has 0 saturated carbocycles. The fourth-order valence-corrected chi connectivity index (χ4v) is 1.97. The summed E-state index contributed by atoms with van der Waals surface area (Å²) in [6.45, 7) is 3.79. The molecule has 0 spiro atoms. The molecule has 0 atom stereocenters. The Bertz CT molecular complexity index is 387. The van der Waals surface area contributed by atoms with Crippen LogP contribution >= 0.6 is 11.8 Å². The first-order valence-electron chi connectivity index (χ1n) is 5.39. The lowest BCUT2D eigenvalue weighted by Gasteiger charge is -2.10. The Kier molecular flexibility index (Phi) is 3.99. The second kappa shape index (κ2) is 5.70. The average Bonchev–Trinajstić information content (AvgIpc) is 2.75. The number of hydrogen-bond donors (Lipinski definition) is 0. The minimum Gasteiger partial charge on any atom is -0.268 e. The Morgan fingerprint density at radius 2 is 2.19 bits per heavy atom. The summed E-state index contributed by atoms with van der Waals surface area (Å²) in [6, 6.07) is 10.3. The molecule has 0 radical (unpaired) electrons. The van der Waals surface area contributed by atoms with Gasteiger partial charge in [0.1, 0.15) is 0 Å². The van der Waals surface area contributed by atoms with Crippen LogP contribution in [0.3, 0.4) is 0 Å². The Morgan fingerprint density at radius 3 is 2.94 bits per heavy atom. The molecule has 16 heavy (non-hydrogen) atoms. The van der Waals surface area contributed by atoms with Crippen LogP contribution in [0.2, 0.25) is 0 Å². The normalized spacial score (nSPS) is 17.3. The Morgan fingerprint density at radius 1 is 1.38 bits per heavy atom. The van der Waals surface area contributed by atoms with Crippen LogP contribution in [0.1, 0.15) is 12.5 Å². The molecule has 1 heterocycles. The van der Waals surface area contributed by atoms with E-state index in [1.54, 1.807) is 11.8 Å². The molecule has 0 amide bonds. The summed E-state index contributed by atoms with van der Waals surface area (Å²) in [6.07, 6.45) is 0. The standard InChI is InChI=1S/C12H15N3S/c1-2-16-10-12-9-15(14-13-12)8-11-6-4-3-5-7-11/h3-7,10H,2,8-9H2,1H3/b12-10-. The molecule has 3 nitrogen and oxygen atoms in total. The highest BCUT2D eigenvalue weighted by Gasteiger charge is 2.12. The van der Waals surface area contributed by atoms with Crippen molar-refractivity contribution in [3.63, 3.8) is 0 Å². The van der Waals surface area contributed by atoms with Crippen LogP contribution in [0.4, 0.5) is 0 Å². The Hall–Kier alpha value is -1.29. The first kappa shape index (κ1) is 11.2. The van der Waals surface area contributed by atoms with E-state index in [9.17, 15) is 0 Å². The molecule has 0 N–H and O–H groups in total. The van der Waals surface area contributed by atoms with Gasteiger partial charge in [-0.05, 0) is 16.7 Å². The Labute approximate surface area is 100 Å². The van der Waals surface area contributed by atoms with E-state index in [-0.39, 0.29) is 0 Å². The van der Waals surface area contributed by atoms with Gasteiger partial charge in [-0.25, -0.2) is 0 Å². The van der Waals surface area contributed by atoms with E-state index < -0.39 is 0 Å². The fraction of sp³-hybridized carbons (Fsp3) is 0.333. The van der Waals surface area contributed by atoms with Gasteiger partial charge in [0.2, 0.25) is 0 Å². The monoisotopic (exact) mass is 233 g/mol. The maximum Gasteiger partial charge on any atom is 0.0921 e. The van der Waals surface area contributed by atoms with Crippen LogP contribution in [-0.2, 0) is 6.54 Å². The van der Waals surface area contributed by atoms with Crippen molar-refractivity contribution >= 4 is 11.8 Å². The second-order valence-corrected chi connectivity index (χ2v) is 4.71. The lowest BCUT2D eigenvalue weighted by molar-refractivity contribution is 0.316. The predicted octanol–water partition coefficient (Wildman–Crippen LogP) is 3.46. The molecule has 0 saturated heterocycles. The summed E-state index contributed by atoms with van der Waals surface area (Å²) in [4.78, 5) is 0. The highest BCUT2D eigenvalue weighted by atomic mass is 32.2. The van der Waals surface area contributed by atoms with Gasteiger partial charge < -0.3 is 0 Å². The zero-order valence-corrected chi connectivity index (χ0v) is 10.2. The lowest BCUT2D eigenvalue weighted by atomic mass is 10.2. The zero-order valence-electron chi connectivity index (χ0n) is 9.34. The molecule has 2 rings (SSSR count). The molecule has 0 bridgehead atoms. The first-order chi connectivity index (χ1) is 7.88. The number of thioether (sulfide) groups is 1. The third kappa shape index (κ3) is 3.10. The van der Waals surface area contributed by atoms with Crippen LogP contribution in [-0.4, -0.2) is 17.3 Å². The molecule has 1 aliphatic rings. The summed E-state index contributed by atoms with van der Waals surface area (Å²) >= 11 is 1.77. The van der Waals surface area contributed by atoms with Gasteiger partial charge in [0, 0.05) is 0 Å². The number of benzene rings is 1. The van der Waals surface area contributed by atoms with E-state index in [1.165, 1.54) is 5.56 Å². The van der Waals surface area contributed by atoms with Gasteiger partial charge in [-0.3, -0.25) is 5.01 Å². The molecule has 1 aromatic rings. The molecular weight excluding hydrogens is 218 g/mol. The van der Waals surface area contributed by atoms with Crippen molar-refractivity contribution in [2.75, 3.05) is 12.3 Å². The smallest absolute Gasteiger partial charge is 0.0921 e. The van der Waals surface area contributed by atoms with Crippen molar-refractivity contribution in [2.45, 2.75) is 13.5 Å². The molecule has 0 aromatic heterocycles. The summed E-state index contributed by atoms with van der Waals surface area (Å²) in [7, 11) is 0. The third-order valence-electron chi connectivity index (χ3n) is 2.24. The van der Waals surface area contributed by atoms with Crippen LogP contribution in [0.15, 0.2) is 51.8 Å². The number of rotatable bonds is 4. The van der Waals surface area contributed by atoms with E-state index >= 15 is 0 Å². The van der Waals surface area contributed by atoms with E-state index in [4.69, 9.17) is 0 Å². The van der Waals surface area contributed by atoms with Crippen LogP contribution in [0.5, 0.6) is 0 Å². The molecule has 1 aromatic carbocycles. The molecule has 84 valence electrons. The Balaban J connectivity index is 1.89. The maximum atomic E-state index is 4.14. The molecule has 0 fully saturated rings. The fourth-order valence-electron chi connectivity index (χ4n) is 1.49. The van der Waals surface area contributed by atoms with Crippen LogP contribution in [0.25, 0.3) is 0 Å². The van der Waals surface area contributed by atoms with Crippen molar-refractivity contribution in [1.29, 1.82) is 0 Å². The summed E-state index contributed by atoms with van der Waals surface area (Å²) in [5, 5.41) is 12.4. The summed E-state index contributed by atoms with van der Waals surface area (Å²) in [5.74, 6) is 1.08. The van der Waals surface area contributed by atoms with Gasteiger partial charge in [0.15, 0.2) is 0 Å². The molecule has 0 aliphatic carbocycles. The first-order valence-corrected chi connectivity index (χ1v) is 6.44. The molecule has 4 heteroatoms. The third-order valence-corrected chi connectivity index (χ3v) is 3.01. The summed E-state index contributed by atoms with van der Waals surface area (Å²) < 4.78 is 0. The zero-order chi connectivity index (χ0) is 11.2. The molecular formula is C12H15N3S. The van der Waals surface area contributed by atoms with Crippen LogP contribution < -0.4 is 0 Å². The van der Waals surface area contributed by atoms with Crippen molar-refractivity contribution < 1.29 is 0 Å². The SMILES string of the molecule is CCS/C=C1/CN(Cc2ccccc2)N=N1. The largest absolute Gasteiger partial charge is 0.268 e. The van der Waals surface area contributed by atoms with Gasteiger partial charge in [0.05, 0.1) is 18.8 Å². The van der Waals surface area contributed by atoms with Crippen molar-refractivity contribution in [3.05, 3.63) is 47.0 Å². The van der Waals surface area contributed by atoms with Gasteiger partial charge in [-0.15, -0.1) is 16.9 Å². The minimum absolute atomic E-state index is 0.821. The lowest BCUT2D eigenvalue weighted by Crippen LogP contribution is -2.14. The highest BCUT2D eigenvalue weighted by molar-refractivity contribution is 8.02. The molecule has 1 aliphatic heterocycles. The maximum absolute atomic E-state index is 4.14. The minimum atomic E-state index is 0.821. The highest BCUT2D eigenvalue weighted by Crippen LogP contribution is 2.18. The van der Waals surface area contributed by atoms with Gasteiger partial charge in [-0.1, -0.05) is 42.5 Å². The topological polar surface area (TPSA) is 28.0 Å².